The number of methoxy groups -OCH3 is 1. The fourth-order valence-corrected chi connectivity index (χ4v) is 3.80. The SMILES string of the molecule is COCc1ccc(F)cc1CN1CCO/C(=C/C(=C\N)C(=O)NCc2ccc(S)cc2)C1C. The highest BCUT2D eigenvalue weighted by molar-refractivity contribution is 7.80. The van der Waals surface area contributed by atoms with Crippen molar-refractivity contribution in [2.24, 2.45) is 5.73 Å². The number of rotatable bonds is 8. The van der Waals surface area contributed by atoms with Gasteiger partial charge in [-0.3, -0.25) is 9.69 Å². The standard InChI is InChI=1S/C25H30FN3O3S/c1-17-24(12-20(13-27)25(30)28-14-18-3-7-23(33)8-4-18)32-10-9-29(17)15-21-11-22(26)6-5-19(21)16-31-2/h3-8,11-13,17,33H,9-10,14-16,27H2,1-2H3,(H,28,30)/b20-13+,24-12+. The van der Waals surface area contributed by atoms with E-state index in [1.165, 1.54) is 12.3 Å². The lowest BCUT2D eigenvalue weighted by Crippen LogP contribution is -2.42. The second-order valence-corrected chi connectivity index (χ2v) is 8.38. The molecular formula is C25H30FN3O3S. The van der Waals surface area contributed by atoms with Crippen LogP contribution >= 0.6 is 12.6 Å². The van der Waals surface area contributed by atoms with E-state index in [9.17, 15) is 9.18 Å². The minimum Gasteiger partial charge on any atom is -0.495 e. The number of carbonyl (C=O) groups is 1. The van der Waals surface area contributed by atoms with Gasteiger partial charge in [-0.15, -0.1) is 12.6 Å². The molecule has 1 atom stereocenters. The highest BCUT2D eigenvalue weighted by atomic mass is 32.1. The Labute approximate surface area is 199 Å². The smallest absolute Gasteiger partial charge is 0.253 e. The molecule has 1 saturated heterocycles. The number of ether oxygens (including phenoxy) is 2. The fraction of sp³-hybridized carbons (Fsp3) is 0.320. The summed E-state index contributed by atoms with van der Waals surface area (Å²) < 4.78 is 25.0. The van der Waals surface area contributed by atoms with Gasteiger partial charge in [0.1, 0.15) is 18.2 Å². The predicted molar refractivity (Wildman–Crippen MR) is 129 cm³/mol. The first-order chi connectivity index (χ1) is 15.9. The molecule has 1 aliphatic rings. The van der Waals surface area contributed by atoms with Crippen LogP contribution in [0.4, 0.5) is 4.39 Å². The topological polar surface area (TPSA) is 76.8 Å². The number of amides is 1. The molecule has 0 aromatic heterocycles. The van der Waals surface area contributed by atoms with Crippen molar-refractivity contribution in [3.63, 3.8) is 0 Å². The Bertz CT molecular complexity index is 1020. The van der Waals surface area contributed by atoms with Crippen LogP contribution in [0.1, 0.15) is 23.6 Å². The number of hydrogen-bond acceptors (Lipinski definition) is 6. The van der Waals surface area contributed by atoms with Crippen LogP contribution in [0.25, 0.3) is 0 Å². The molecule has 3 rings (SSSR count). The number of nitrogens with one attached hydrogen (secondary N) is 1. The van der Waals surface area contributed by atoms with Gasteiger partial charge in [0, 0.05) is 37.8 Å². The molecule has 1 amide bonds. The zero-order valence-electron chi connectivity index (χ0n) is 18.9. The lowest BCUT2D eigenvalue weighted by molar-refractivity contribution is -0.117. The van der Waals surface area contributed by atoms with Crippen molar-refractivity contribution in [1.82, 2.24) is 10.2 Å². The Morgan fingerprint density at radius 2 is 2.06 bits per heavy atom. The van der Waals surface area contributed by atoms with E-state index in [4.69, 9.17) is 15.2 Å². The normalized spacial score (nSPS) is 18.2. The number of hydrogen-bond donors (Lipinski definition) is 3. The maximum atomic E-state index is 13.9. The van der Waals surface area contributed by atoms with Gasteiger partial charge in [0.05, 0.1) is 18.2 Å². The molecule has 1 aliphatic heterocycles. The van der Waals surface area contributed by atoms with E-state index >= 15 is 0 Å². The van der Waals surface area contributed by atoms with E-state index in [0.717, 1.165) is 21.6 Å². The lowest BCUT2D eigenvalue weighted by Gasteiger charge is -2.36. The molecule has 0 spiro atoms. The molecule has 0 bridgehead atoms. The van der Waals surface area contributed by atoms with Crippen LogP contribution in [0.2, 0.25) is 0 Å². The second kappa shape index (κ2) is 11.9. The second-order valence-electron chi connectivity index (χ2n) is 7.86. The zero-order chi connectivity index (χ0) is 23.8. The van der Waals surface area contributed by atoms with Crippen LogP contribution in [0.5, 0.6) is 0 Å². The predicted octanol–water partition coefficient (Wildman–Crippen LogP) is 3.52. The van der Waals surface area contributed by atoms with E-state index in [0.29, 0.717) is 44.2 Å². The van der Waals surface area contributed by atoms with E-state index in [-0.39, 0.29) is 17.8 Å². The van der Waals surface area contributed by atoms with Crippen molar-refractivity contribution < 1.29 is 18.7 Å². The molecule has 176 valence electrons. The van der Waals surface area contributed by atoms with E-state index in [2.05, 4.69) is 22.8 Å². The summed E-state index contributed by atoms with van der Waals surface area (Å²) in [6.45, 7) is 4.45. The fourth-order valence-electron chi connectivity index (χ4n) is 3.65. The van der Waals surface area contributed by atoms with E-state index in [1.807, 2.05) is 31.2 Å². The van der Waals surface area contributed by atoms with Gasteiger partial charge in [-0.25, -0.2) is 4.39 Å². The highest BCUT2D eigenvalue weighted by Gasteiger charge is 2.26. The van der Waals surface area contributed by atoms with Crippen molar-refractivity contribution >= 4 is 18.5 Å². The number of benzene rings is 2. The molecule has 1 unspecified atom stereocenters. The number of thiol groups is 1. The number of halogens is 1. The van der Waals surface area contributed by atoms with Gasteiger partial charge >= 0.3 is 0 Å². The van der Waals surface area contributed by atoms with E-state index < -0.39 is 0 Å². The Kier molecular flexibility index (Phi) is 8.94. The highest BCUT2D eigenvalue weighted by Crippen LogP contribution is 2.23. The summed E-state index contributed by atoms with van der Waals surface area (Å²) in [6.07, 6.45) is 2.95. The van der Waals surface area contributed by atoms with Crippen molar-refractivity contribution in [2.75, 3.05) is 20.3 Å². The number of nitrogens with zero attached hydrogens (tertiary/aromatic N) is 1. The van der Waals surface area contributed by atoms with E-state index in [1.54, 1.807) is 25.3 Å². The molecule has 0 radical (unpaired) electrons. The van der Waals surface area contributed by atoms with Gasteiger partial charge in [0.15, 0.2) is 0 Å². The molecule has 3 N–H and O–H groups in total. The summed E-state index contributed by atoms with van der Waals surface area (Å²) >= 11 is 4.27. The molecule has 33 heavy (non-hydrogen) atoms. The Morgan fingerprint density at radius 1 is 1.30 bits per heavy atom. The molecule has 2 aromatic carbocycles. The minimum atomic E-state index is -0.291. The zero-order valence-corrected chi connectivity index (χ0v) is 19.8. The molecule has 8 heteroatoms. The minimum absolute atomic E-state index is 0.122. The summed E-state index contributed by atoms with van der Waals surface area (Å²) in [5.74, 6) is 0.0631. The lowest BCUT2D eigenvalue weighted by atomic mass is 10.0. The molecule has 6 nitrogen and oxygen atoms in total. The number of nitrogens with two attached hydrogens (primary N) is 1. The van der Waals surface area contributed by atoms with Crippen molar-refractivity contribution in [1.29, 1.82) is 0 Å². The van der Waals surface area contributed by atoms with Crippen LogP contribution in [-0.2, 0) is 34.0 Å². The summed E-state index contributed by atoms with van der Waals surface area (Å²) in [6, 6.07) is 12.2. The van der Waals surface area contributed by atoms with Gasteiger partial charge in [0.2, 0.25) is 0 Å². The monoisotopic (exact) mass is 471 g/mol. The summed E-state index contributed by atoms with van der Waals surface area (Å²) in [7, 11) is 1.62. The Morgan fingerprint density at radius 3 is 2.76 bits per heavy atom. The van der Waals surface area contributed by atoms with Gasteiger partial charge in [0.25, 0.3) is 5.91 Å². The Balaban J connectivity index is 1.69. The summed E-state index contributed by atoms with van der Waals surface area (Å²) in [5.41, 5.74) is 8.83. The van der Waals surface area contributed by atoms with Gasteiger partial charge < -0.3 is 20.5 Å². The summed E-state index contributed by atoms with van der Waals surface area (Å²) in [5, 5.41) is 2.87. The third-order valence-electron chi connectivity index (χ3n) is 5.58. The molecular weight excluding hydrogens is 441 g/mol. The van der Waals surface area contributed by atoms with Crippen molar-refractivity contribution in [3.8, 4) is 0 Å². The van der Waals surface area contributed by atoms with Crippen molar-refractivity contribution in [2.45, 2.75) is 37.6 Å². The van der Waals surface area contributed by atoms with Gasteiger partial charge in [-0.1, -0.05) is 18.2 Å². The first-order valence-electron chi connectivity index (χ1n) is 10.7. The first kappa shape index (κ1) is 24.8. The van der Waals surface area contributed by atoms with Crippen LogP contribution in [0.15, 0.2) is 71.0 Å². The molecule has 0 saturated carbocycles. The Hall–Kier alpha value is -2.81. The maximum absolute atomic E-state index is 13.9. The third kappa shape index (κ3) is 6.83. The van der Waals surface area contributed by atoms with Crippen molar-refractivity contribution in [3.05, 3.63) is 88.6 Å². The average Bonchev–Trinajstić information content (AvgIpc) is 2.81. The van der Waals surface area contributed by atoms with Crippen LogP contribution in [0.3, 0.4) is 0 Å². The first-order valence-corrected chi connectivity index (χ1v) is 11.2. The number of morpholine rings is 1. The molecule has 1 heterocycles. The molecule has 1 fully saturated rings. The largest absolute Gasteiger partial charge is 0.495 e. The van der Waals surface area contributed by atoms with Crippen LogP contribution in [-0.4, -0.2) is 37.1 Å². The third-order valence-corrected chi connectivity index (χ3v) is 5.88. The van der Waals surface area contributed by atoms with Crippen LogP contribution in [0, 0.1) is 5.82 Å². The van der Waals surface area contributed by atoms with Crippen LogP contribution < -0.4 is 11.1 Å². The molecule has 2 aromatic rings. The van der Waals surface area contributed by atoms with Gasteiger partial charge in [-0.05, 0) is 54.0 Å². The summed E-state index contributed by atoms with van der Waals surface area (Å²) in [4.78, 5) is 15.7. The average molecular weight is 472 g/mol. The quantitative estimate of drug-likeness (QED) is 0.406. The molecule has 0 aliphatic carbocycles. The van der Waals surface area contributed by atoms with Gasteiger partial charge in [-0.2, -0.15) is 0 Å². The maximum Gasteiger partial charge on any atom is 0.253 e. The number of carbonyl (C=O) groups excluding carboxylic acids is 1.